The molecule has 1 fully saturated rings. The van der Waals surface area contributed by atoms with E-state index in [1.807, 2.05) is 44.2 Å². The van der Waals surface area contributed by atoms with Crippen molar-refractivity contribution in [3.8, 4) is 11.3 Å². The van der Waals surface area contributed by atoms with Gasteiger partial charge in [0.15, 0.2) is 11.4 Å². The van der Waals surface area contributed by atoms with E-state index in [0.717, 1.165) is 42.6 Å². The van der Waals surface area contributed by atoms with E-state index in [2.05, 4.69) is 15.2 Å². The minimum atomic E-state index is -1.60. The lowest BCUT2D eigenvalue weighted by Crippen LogP contribution is -2.46. The lowest BCUT2D eigenvalue weighted by Gasteiger charge is -2.38. The standard InChI is InChI=1S/C31H35F2N3O3/c1-3-37-26-18-31(33,19-27(38-4-2)29(26)23-8-6-5-7-9-23)21-36-16-14-25(15-17-36)35-30-34-20-28(39-30)22-10-12-24(32)13-11-22/h5-13,18,20,25H,3-4,14-17,19,21H2,1-2H3,(H,34,35). The van der Waals surface area contributed by atoms with E-state index in [1.165, 1.54) is 12.1 Å². The van der Waals surface area contributed by atoms with E-state index in [1.54, 1.807) is 24.4 Å². The largest absolute Gasteiger partial charge is 0.497 e. The molecule has 6 nitrogen and oxygen atoms in total. The van der Waals surface area contributed by atoms with E-state index in [4.69, 9.17) is 13.9 Å². The molecular formula is C31H35F2N3O3. The van der Waals surface area contributed by atoms with Crippen molar-refractivity contribution in [3.05, 3.63) is 89.8 Å². The summed E-state index contributed by atoms with van der Waals surface area (Å²) < 4.78 is 47.4. The van der Waals surface area contributed by atoms with Crippen LogP contribution in [0.4, 0.5) is 14.8 Å². The zero-order valence-electron chi connectivity index (χ0n) is 22.5. The fourth-order valence-corrected chi connectivity index (χ4v) is 5.30. The monoisotopic (exact) mass is 535 g/mol. The first kappa shape index (κ1) is 26.9. The number of oxazole rings is 1. The summed E-state index contributed by atoms with van der Waals surface area (Å²) in [6.45, 7) is 6.48. The number of hydrogen-bond acceptors (Lipinski definition) is 6. The topological polar surface area (TPSA) is 59.8 Å². The van der Waals surface area contributed by atoms with E-state index >= 15 is 4.39 Å². The van der Waals surface area contributed by atoms with Crippen LogP contribution in [-0.4, -0.2) is 54.4 Å². The van der Waals surface area contributed by atoms with Crippen molar-refractivity contribution in [2.45, 2.75) is 44.8 Å². The molecule has 0 bridgehead atoms. The molecule has 39 heavy (non-hydrogen) atoms. The van der Waals surface area contributed by atoms with Gasteiger partial charge in [0.2, 0.25) is 0 Å². The molecule has 1 unspecified atom stereocenters. The second kappa shape index (κ2) is 12.0. The summed E-state index contributed by atoms with van der Waals surface area (Å²) in [5.74, 6) is 1.46. The molecule has 2 heterocycles. The number of ether oxygens (including phenoxy) is 2. The van der Waals surface area contributed by atoms with Gasteiger partial charge in [-0.3, -0.25) is 4.90 Å². The summed E-state index contributed by atoms with van der Waals surface area (Å²) in [5, 5.41) is 3.36. The van der Waals surface area contributed by atoms with Gasteiger partial charge in [0, 0.05) is 37.7 Å². The minimum Gasteiger partial charge on any atom is -0.497 e. The van der Waals surface area contributed by atoms with Crippen LogP contribution in [0.1, 0.15) is 38.7 Å². The van der Waals surface area contributed by atoms with Crippen LogP contribution in [0.3, 0.4) is 0 Å². The van der Waals surface area contributed by atoms with Gasteiger partial charge in [-0.1, -0.05) is 30.3 Å². The van der Waals surface area contributed by atoms with Crippen molar-refractivity contribution in [3.63, 3.8) is 0 Å². The average Bonchev–Trinajstić information content (AvgIpc) is 3.39. The maximum absolute atomic E-state index is 16.4. The summed E-state index contributed by atoms with van der Waals surface area (Å²) in [4.78, 5) is 6.49. The summed E-state index contributed by atoms with van der Waals surface area (Å²) >= 11 is 0. The van der Waals surface area contributed by atoms with Gasteiger partial charge in [-0.25, -0.2) is 13.8 Å². The number of allylic oxidation sites excluding steroid dienone is 2. The van der Waals surface area contributed by atoms with Crippen molar-refractivity contribution in [1.82, 2.24) is 9.88 Å². The van der Waals surface area contributed by atoms with Crippen LogP contribution in [0.2, 0.25) is 0 Å². The van der Waals surface area contributed by atoms with Gasteiger partial charge in [0.05, 0.1) is 25.0 Å². The lowest BCUT2D eigenvalue weighted by atomic mass is 9.86. The summed E-state index contributed by atoms with van der Waals surface area (Å²) in [6.07, 6.45) is 5.11. The van der Waals surface area contributed by atoms with E-state index in [-0.39, 0.29) is 24.8 Å². The molecule has 8 heteroatoms. The van der Waals surface area contributed by atoms with Crippen LogP contribution in [0.5, 0.6) is 0 Å². The number of anilines is 1. The Morgan fingerprint density at radius 2 is 1.72 bits per heavy atom. The van der Waals surface area contributed by atoms with E-state index in [9.17, 15) is 4.39 Å². The molecule has 1 saturated heterocycles. The van der Waals surface area contributed by atoms with Crippen LogP contribution in [-0.2, 0) is 9.47 Å². The minimum absolute atomic E-state index is 0.168. The predicted molar refractivity (Wildman–Crippen MR) is 148 cm³/mol. The number of halogens is 2. The molecule has 206 valence electrons. The highest BCUT2D eigenvalue weighted by molar-refractivity contribution is 5.80. The number of benzene rings is 2. The number of nitrogens with one attached hydrogen (secondary N) is 1. The fraction of sp³-hybridized carbons (Fsp3) is 0.387. The lowest BCUT2D eigenvalue weighted by molar-refractivity contribution is 0.0872. The Morgan fingerprint density at radius 3 is 2.41 bits per heavy atom. The highest BCUT2D eigenvalue weighted by atomic mass is 19.1. The molecule has 1 N–H and O–H groups in total. The Kier molecular flexibility index (Phi) is 8.31. The Balaban J connectivity index is 1.22. The average molecular weight is 536 g/mol. The number of hydrogen-bond donors (Lipinski definition) is 1. The van der Waals surface area contributed by atoms with Crippen molar-refractivity contribution < 1.29 is 22.7 Å². The van der Waals surface area contributed by atoms with E-state index in [0.29, 0.717) is 36.5 Å². The highest BCUT2D eigenvalue weighted by Gasteiger charge is 2.39. The number of aromatic nitrogens is 1. The molecule has 0 amide bonds. The molecule has 2 aliphatic rings. The zero-order valence-corrected chi connectivity index (χ0v) is 22.5. The number of rotatable bonds is 10. The first-order valence-electron chi connectivity index (χ1n) is 13.6. The molecule has 1 atom stereocenters. The number of likely N-dealkylation sites (tertiary alicyclic amines) is 1. The summed E-state index contributed by atoms with van der Waals surface area (Å²) in [7, 11) is 0. The maximum atomic E-state index is 16.4. The normalized spacial score (nSPS) is 20.6. The molecule has 0 saturated carbocycles. The van der Waals surface area contributed by atoms with Crippen molar-refractivity contribution in [2.75, 3.05) is 38.2 Å². The van der Waals surface area contributed by atoms with E-state index < -0.39 is 5.67 Å². The summed E-state index contributed by atoms with van der Waals surface area (Å²) in [6, 6.07) is 16.6. The van der Waals surface area contributed by atoms with Crippen LogP contribution < -0.4 is 5.32 Å². The van der Waals surface area contributed by atoms with Gasteiger partial charge in [-0.15, -0.1) is 0 Å². The number of piperidine rings is 1. The first-order valence-corrected chi connectivity index (χ1v) is 13.6. The Bertz CT molecular complexity index is 1300. The Morgan fingerprint density at radius 1 is 1.00 bits per heavy atom. The molecular weight excluding hydrogens is 500 g/mol. The van der Waals surface area contributed by atoms with Gasteiger partial charge in [-0.05, 0) is 62.6 Å². The van der Waals surface area contributed by atoms with Crippen LogP contribution in [0, 0.1) is 5.82 Å². The van der Waals surface area contributed by atoms with Gasteiger partial charge >= 0.3 is 0 Å². The van der Waals surface area contributed by atoms with Crippen LogP contribution in [0.25, 0.3) is 16.9 Å². The predicted octanol–water partition coefficient (Wildman–Crippen LogP) is 6.84. The molecule has 1 aromatic heterocycles. The second-order valence-electron chi connectivity index (χ2n) is 9.98. The Hall–Kier alpha value is -3.65. The van der Waals surface area contributed by atoms with Crippen molar-refractivity contribution in [2.24, 2.45) is 0 Å². The molecule has 1 aliphatic carbocycles. The van der Waals surface area contributed by atoms with Crippen LogP contribution in [0.15, 0.2) is 82.8 Å². The van der Waals surface area contributed by atoms with Crippen molar-refractivity contribution in [1.29, 1.82) is 0 Å². The molecule has 5 rings (SSSR count). The quantitative estimate of drug-likeness (QED) is 0.307. The molecule has 0 spiro atoms. The Labute approximate surface area is 228 Å². The third-order valence-corrected chi connectivity index (χ3v) is 7.09. The summed E-state index contributed by atoms with van der Waals surface area (Å²) in [5.41, 5.74) is 0.966. The SMILES string of the molecule is CCOC1=CC(F)(CN2CCC(Nc3ncc(-c4ccc(F)cc4)o3)CC2)CC(OCC)=C1c1ccccc1. The highest BCUT2D eigenvalue weighted by Crippen LogP contribution is 2.41. The van der Waals surface area contributed by atoms with Gasteiger partial charge < -0.3 is 19.2 Å². The van der Waals surface area contributed by atoms with Crippen molar-refractivity contribution >= 4 is 11.6 Å². The zero-order chi connectivity index (χ0) is 27.2. The number of nitrogens with zero attached hydrogens (tertiary/aromatic N) is 2. The second-order valence-corrected chi connectivity index (χ2v) is 9.98. The number of alkyl halides is 1. The third kappa shape index (κ3) is 6.50. The molecule has 3 aromatic rings. The van der Waals surface area contributed by atoms with Crippen LogP contribution >= 0.6 is 0 Å². The molecule has 0 radical (unpaired) electrons. The molecule has 1 aliphatic heterocycles. The van der Waals surface area contributed by atoms with Gasteiger partial charge in [0.1, 0.15) is 17.3 Å². The smallest absolute Gasteiger partial charge is 0.295 e. The molecule has 2 aromatic carbocycles. The maximum Gasteiger partial charge on any atom is 0.295 e. The van der Waals surface area contributed by atoms with Gasteiger partial charge in [-0.2, -0.15) is 0 Å². The van der Waals surface area contributed by atoms with Gasteiger partial charge in [0.25, 0.3) is 6.01 Å². The third-order valence-electron chi connectivity index (χ3n) is 7.09. The first-order chi connectivity index (χ1) is 19.0. The fourth-order valence-electron chi connectivity index (χ4n) is 5.30.